The molecule has 0 bridgehead atoms. The molecule has 3 heteroatoms. The first kappa shape index (κ1) is 14.5. The molecule has 0 saturated heterocycles. The molecule has 0 aliphatic heterocycles. The summed E-state index contributed by atoms with van der Waals surface area (Å²) in [5.41, 5.74) is 2.03. The fourth-order valence-electron chi connectivity index (χ4n) is 1.31. The average Bonchev–Trinajstić information content (AvgIpc) is 2.24. The van der Waals surface area contributed by atoms with Gasteiger partial charge in [-0.3, -0.25) is 0 Å². The van der Waals surface area contributed by atoms with E-state index in [1.807, 2.05) is 32.1 Å². The zero-order valence-electron chi connectivity index (χ0n) is 10.6. The Bertz CT molecular complexity index is 343. The van der Waals surface area contributed by atoms with E-state index in [0.717, 1.165) is 11.1 Å². The average molecular weight is 224 g/mol. The number of ether oxygens (including phenoxy) is 2. The number of methoxy groups -OCH3 is 2. The molecule has 0 unspecified atom stereocenters. The maximum absolute atomic E-state index is 9.43. The van der Waals surface area contributed by atoms with Crippen molar-refractivity contribution < 1.29 is 14.6 Å². The minimum atomic E-state index is 0.188. The fraction of sp³-hybridized carbons (Fsp3) is 0.385. The van der Waals surface area contributed by atoms with E-state index in [1.54, 1.807) is 27.4 Å². The van der Waals surface area contributed by atoms with Gasteiger partial charge in [0.1, 0.15) is 0 Å². The van der Waals surface area contributed by atoms with Crippen LogP contribution in [0.25, 0.3) is 6.08 Å². The Morgan fingerprint density at radius 1 is 1.19 bits per heavy atom. The van der Waals surface area contributed by atoms with E-state index >= 15 is 0 Å². The number of aromatic hydroxyl groups is 1. The van der Waals surface area contributed by atoms with E-state index in [4.69, 9.17) is 4.74 Å². The Kier molecular flexibility index (Phi) is 7.05. The van der Waals surface area contributed by atoms with E-state index in [0.29, 0.717) is 5.75 Å². The Balaban J connectivity index is 0.000000673. The van der Waals surface area contributed by atoms with Crippen molar-refractivity contribution in [2.24, 2.45) is 0 Å². The summed E-state index contributed by atoms with van der Waals surface area (Å²) in [6, 6.07) is 3.51. The highest BCUT2D eigenvalue weighted by Crippen LogP contribution is 2.32. The third kappa shape index (κ3) is 3.95. The Morgan fingerprint density at radius 2 is 1.75 bits per heavy atom. The highest BCUT2D eigenvalue weighted by Gasteiger charge is 2.06. The highest BCUT2D eigenvalue weighted by molar-refractivity contribution is 5.61. The number of phenols is 1. The molecule has 0 aromatic heterocycles. The molecular weight excluding hydrogens is 204 g/mol. The summed E-state index contributed by atoms with van der Waals surface area (Å²) in [4.78, 5) is 0. The van der Waals surface area contributed by atoms with Crippen molar-refractivity contribution in [3.63, 3.8) is 0 Å². The van der Waals surface area contributed by atoms with Gasteiger partial charge in [-0.1, -0.05) is 18.2 Å². The molecule has 0 aliphatic carbocycles. The molecule has 1 N–H and O–H groups in total. The first-order valence-electron chi connectivity index (χ1n) is 5.01. The van der Waals surface area contributed by atoms with Crippen LogP contribution in [-0.4, -0.2) is 26.4 Å². The molecule has 3 nitrogen and oxygen atoms in total. The molecule has 0 spiro atoms. The van der Waals surface area contributed by atoms with Crippen molar-refractivity contribution in [2.45, 2.75) is 13.8 Å². The van der Waals surface area contributed by atoms with Crippen molar-refractivity contribution in [1.29, 1.82) is 0 Å². The molecule has 1 aromatic carbocycles. The number of phenolic OH excluding ortho intramolecular Hbond substituents is 1. The molecule has 0 radical (unpaired) electrons. The molecule has 16 heavy (non-hydrogen) atoms. The first-order chi connectivity index (χ1) is 7.62. The van der Waals surface area contributed by atoms with Crippen LogP contribution in [-0.2, 0) is 4.74 Å². The van der Waals surface area contributed by atoms with Gasteiger partial charge >= 0.3 is 0 Å². The third-order valence-electron chi connectivity index (χ3n) is 1.98. The van der Waals surface area contributed by atoms with Crippen LogP contribution in [0.3, 0.4) is 0 Å². The zero-order chi connectivity index (χ0) is 12.6. The molecule has 0 saturated carbocycles. The van der Waals surface area contributed by atoms with E-state index in [-0.39, 0.29) is 5.75 Å². The quantitative estimate of drug-likeness (QED) is 0.839. The van der Waals surface area contributed by atoms with Crippen molar-refractivity contribution in [1.82, 2.24) is 0 Å². The normalized spacial score (nSPS) is 9.81. The van der Waals surface area contributed by atoms with Crippen molar-refractivity contribution >= 4 is 6.08 Å². The van der Waals surface area contributed by atoms with Gasteiger partial charge in [0.15, 0.2) is 11.5 Å². The predicted octanol–water partition coefficient (Wildman–Crippen LogP) is 3.00. The second kappa shape index (κ2) is 7.77. The van der Waals surface area contributed by atoms with Crippen molar-refractivity contribution in [2.75, 3.05) is 21.3 Å². The van der Waals surface area contributed by atoms with Crippen LogP contribution >= 0.6 is 0 Å². The molecule has 0 aliphatic rings. The largest absolute Gasteiger partial charge is 0.504 e. The molecule has 1 aromatic rings. The van der Waals surface area contributed by atoms with Gasteiger partial charge in [0, 0.05) is 19.8 Å². The summed E-state index contributed by atoms with van der Waals surface area (Å²) in [5, 5.41) is 9.43. The molecule has 0 atom stereocenters. The Hall–Kier alpha value is -1.48. The number of hydrogen-bond donors (Lipinski definition) is 1. The smallest absolute Gasteiger partial charge is 0.163 e. The van der Waals surface area contributed by atoms with Gasteiger partial charge < -0.3 is 14.6 Å². The van der Waals surface area contributed by atoms with Crippen molar-refractivity contribution in [3.8, 4) is 11.5 Å². The lowest BCUT2D eigenvalue weighted by molar-refractivity contribution is 0.277. The zero-order valence-corrected chi connectivity index (χ0v) is 10.6. The van der Waals surface area contributed by atoms with Crippen LogP contribution in [0.1, 0.15) is 18.1 Å². The maximum Gasteiger partial charge on any atom is 0.163 e. The maximum atomic E-state index is 9.43. The number of rotatable bonds is 2. The second-order valence-corrected chi connectivity index (χ2v) is 3.24. The molecule has 0 amide bonds. The van der Waals surface area contributed by atoms with Crippen LogP contribution in [0, 0.1) is 6.92 Å². The lowest BCUT2D eigenvalue weighted by Crippen LogP contribution is -1.90. The van der Waals surface area contributed by atoms with E-state index in [1.165, 1.54) is 0 Å². The highest BCUT2D eigenvalue weighted by atomic mass is 16.5. The lowest BCUT2D eigenvalue weighted by atomic mass is 10.1. The summed E-state index contributed by atoms with van der Waals surface area (Å²) in [5.74, 6) is 0.740. The van der Waals surface area contributed by atoms with Crippen LogP contribution in [0.15, 0.2) is 18.2 Å². The molecule has 1 rings (SSSR count). The molecule has 0 fully saturated rings. The summed E-state index contributed by atoms with van der Waals surface area (Å²) >= 11 is 0. The minimum Gasteiger partial charge on any atom is -0.504 e. The number of benzene rings is 1. The van der Waals surface area contributed by atoms with Gasteiger partial charge in [-0.05, 0) is 25.5 Å². The fourth-order valence-corrected chi connectivity index (χ4v) is 1.31. The lowest BCUT2D eigenvalue weighted by Gasteiger charge is -2.09. The van der Waals surface area contributed by atoms with Gasteiger partial charge in [0.05, 0.1) is 7.11 Å². The summed E-state index contributed by atoms with van der Waals surface area (Å²) in [6.07, 6.45) is 3.94. The van der Waals surface area contributed by atoms with Crippen molar-refractivity contribution in [3.05, 3.63) is 29.3 Å². The van der Waals surface area contributed by atoms with E-state index in [2.05, 4.69) is 4.74 Å². The topological polar surface area (TPSA) is 38.7 Å². The minimum absolute atomic E-state index is 0.188. The number of hydrogen-bond acceptors (Lipinski definition) is 3. The van der Waals surface area contributed by atoms with E-state index in [9.17, 15) is 5.11 Å². The summed E-state index contributed by atoms with van der Waals surface area (Å²) < 4.78 is 9.33. The van der Waals surface area contributed by atoms with Gasteiger partial charge in [-0.15, -0.1) is 0 Å². The van der Waals surface area contributed by atoms with Crippen LogP contribution < -0.4 is 4.74 Å². The Labute approximate surface area is 97.3 Å². The Morgan fingerprint density at radius 3 is 2.19 bits per heavy atom. The molecule has 0 heterocycles. The number of allylic oxidation sites excluding steroid dienone is 1. The standard InChI is InChI=1S/C11H14O2.C2H6O/c1-4-5-9-6-7-10(12)11(13-3)8(9)2;1-3-2/h4-7,12H,1-3H3;1-2H3. The molecule has 90 valence electrons. The predicted molar refractivity (Wildman–Crippen MR) is 67.0 cm³/mol. The van der Waals surface area contributed by atoms with Gasteiger partial charge in [-0.25, -0.2) is 0 Å². The summed E-state index contributed by atoms with van der Waals surface area (Å²) in [7, 11) is 4.81. The SMILES string of the molecule is CC=Cc1ccc(O)c(OC)c1C.COC. The first-order valence-corrected chi connectivity index (χ1v) is 5.01. The summed E-state index contributed by atoms with van der Waals surface area (Å²) in [6.45, 7) is 3.88. The van der Waals surface area contributed by atoms with Gasteiger partial charge in [0.25, 0.3) is 0 Å². The molecular formula is C13H20O3. The monoisotopic (exact) mass is 224 g/mol. The van der Waals surface area contributed by atoms with Gasteiger partial charge in [0.2, 0.25) is 0 Å². The van der Waals surface area contributed by atoms with Crippen LogP contribution in [0.5, 0.6) is 11.5 Å². The third-order valence-corrected chi connectivity index (χ3v) is 1.98. The van der Waals surface area contributed by atoms with Crippen LogP contribution in [0.4, 0.5) is 0 Å². The van der Waals surface area contributed by atoms with Crippen LogP contribution in [0.2, 0.25) is 0 Å². The van der Waals surface area contributed by atoms with Gasteiger partial charge in [-0.2, -0.15) is 0 Å². The second-order valence-electron chi connectivity index (χ2n) is 3.24. The van der Waals surface area contributed by atoms with E-state index < -0.39 is 0 Å².